The van der Waals surface area contributed by atoms with Crippen LogP contribution in [-0.4, -0.2) is 5.97 Å². The fourth-order valence-corrected chi connectivity index (χ4v) is 2.71. The van der Waals surface area contributed by atoms with Gasteiger partial charge >= 0.3 is 5.97 Å². The Morgan fingerprint density at radius 3 is 2.22 bits per heavy atom. The van der Waals surface area contributed by atoms with Gasteiger partial charge in [-0.2, -0.15) is 0 Å². The van der Waals surface area contributed by atoms with E-state index in [2.05, 4.69) is 5.92 Å². The van der Waals surface area contributed by atoms with Gasteiger partial charge in [0, 0.05) is 12.5 Å². The third-order valence-corrected chi connectivity index (χ3v) is 4.28. The monoisotopic (exact) mass is 358 g/mol. The lowest BCUT2D eigenvalue weighted by molar-refractivity contribution is 0.0734. The lowest BCUT2D eigenvalue weighted by atomic mass is 10.0. The highest BCUT2D eigenvalue weighted by Crippen LogP contribution is 2.22. The number of esters is 1. The van der Waals surface area contributed by atoms with Crippen LogP contribution in [0.5, 0.6) is 5.75 Å². The maximum Gasteiger partial charge on any atom is 0.343 e. The second kappa shape index (κ2) is 8.33. The molecule has 0 fully saturated rings. The van der Waals surface area contributed by atoms with Crippen LogP contribution in [0.4, 0.5) is 4.39 Å². The quantitative estimate of drug-likeness (QED) is 0.338. The van der Waals surface area contributed by atoms with Gasteiger partial charge in [0.05, 0.1) is 5.56 Å². The Kier molecular flexibility index (Phi) is 5.68. The summed E-state index contributed by atoms with van der Waals surface area (Å²) in [7, 11) is 0. The molecule has 3 heteroatoms. The molecule has 0 heterocycles. The number of halogens is 1. The Morgan fingerprint density at radius 1 is 1.00 bits per heavy atom. The molecule has 3 rings (SSSR count). The molecular formula is C24H19FO2. The Morgan fingerprint density at radius 2 is 1.63 bits per heavy atom. The molecule has 0 radical (unpaired) electrons. The van der Waals surface area contributed by atoms with Crippen LogP contribution in [0.15, 0.2) is 66.7 Å². The predicted octanol–water partition coefficient (Wildman–Crippen LogP) is 5.59. The fraction of sp³-hybridized carbons (Fsp3) is 0.125. The van der Waals surface area contributed by atoms with Gasteiger partial charge in [0.2, 0.25) is 0 Å². The number of aryl methyl sites for hydroxylation is 2. The van der Waals surface area contributed by atoms with E-state index in [-0.39, 0.29) is 5.75 Å². The fourth-order valence-electron chi connectivity index (χ4n) is 2.71. The Bertz CT molecular complexity index is 980. The molecule has 134 valence electrons. The van der Waals surface area contributed by atoms with Crippen LogP contribution in [0.3, 0.4) is 0 Å². The zero-order valence-corrected chi connectivity index (χ0v) is 15.0. The average Bonchev–Trinajstić information content (AvgIpc) is 2.68. The molecule has 0 atom stereocenters. The van der Waals surface area contributed by atoms with E-state index in [1.807, 2.05) is 43.3 Å². The minimum atomic E-state index is -0.527. The van der Waals surface area contributed by atoms with Crippen molar-refractivity contribution in [1.82, 2.24) is 0 Å². The topological polar surface area (TPSA) is 26.3 Å². The third kappa shape index (κ3) is 4.62. The van der Waals surface area contributed by atoms with E-state index in [9.17, 15) is 9.18 Å². The average molecular weight is 358 g/mol. The first kappa shape index (κ1) is 18.4. The lowest BCUT2D eigenvalue weighted by Gasteiger charge is -2.08. The number of carbonyl (C=O) groups is 1. The number of benzene rings is 3. The molecule has 0 N–H and O–H groups in total. The summed E-state index contributed by atoms with van der Waals surface area (Å²) in [5.41, 5.74) is 4.19. The summed E-state index contributed by atoms with van der Waals surface area (Å²) in [5, 5.41) is 0. The van der Waals surface area contributed by atoms with E-state index >= 15 is 0 Å². The van der Waals surface area contributed by atoms with E-state index in [4.69, 9.17) is 11.2 Å². The number of rotatable bonds is 5. The molecule has 0 aliphatic heterocycles. The van der Waals surface area contributed by atoms with E-state index in [0.29, 0.717) is 24.0 Å². The highest BCUT2D eigenvalue weighted by atomic mass is 19.1. The molecule has 0 aromatic heterocycles. The molecule has 0 saturated carbocycles. The summed E-state index contributed by atoms with van der Waals surface area (Å²) >= 11 is 0. The van der Waals surface area contributed by atoms with Crippen molar-refractivity contribution in [3.05, 3.63) is 89.2 Å². The number of ether oxygens (including phenoxy) is 1. The molecular weight excluding hydrogens is 339 g/mol. The highest BCUT2D eigenvalue weighted by Gasteiger charge is 2.11. The molecule has 0 bridgehead atoms. The molecule has 0 aliphatic rings. The standard InChI is InChI=1S/C24H19FO2/c1-3-4-5-20-14-15-22(16-23(20)25)27-24(26)21-12-10-19(11-13-21)18-8-6-17(2)7-9-18/h1,6-16H,4-5H2,2H3. The normalized spacial score (nSPS) is 10.3. The van der Waals surface area contributed by atoms with Crippen molar-refractivity contribution in [3.8, 4) is 29.2 Å². The van der Waals surface area contributed by atoms with Crippen LogP contribution >= 0.6 is 0 Å². The summed E-state index contributed by atoms with van der Waals surface area (Å²) in [6, 6.07) is 19.7. The summed E-state index contributed by atoms with van der Waals surface area (Å²) in [6.07, 6.45) is 6.12. The lowest BCUT2D eigenvalue weighted by Crippen LogP contribution is -2.08. The van der Waals surface area contributed by atoms with Crippen molar-refractivity contribution >= 4 is 5.97 Å². The zero-order valence-electron chi connectivity index (χ0n) is 15.0. The molecule has 3 aromatic carbocycles. The van der Waals surface area contributed by atoms with E-state index in [1.165, 1.54) is 11.6 Å². The Hall–Kier alpha value is -3.38. The van der Waals surface area contributed by atoms with Crippen molar-refractivity contribution in [1.29, 1.82) is 0 Å². The minimum Gasteiger partial charge on any atom is -0.423 e. The van der Waals surface area contributed by atoms with Crippen LogP contribution in [-0.2, 0) is 6.42 Å². The first-order valence-electron chi connectivity index (χ1n) is 8.68. The number of hydrogen-bond acceptors (Lipinski definition) is 2. The van der Waals surface area contributed by atoms with Crippen molar-refractivity contribution in [2.24, 2.45) is 0 Å². The van der Waals surface area contributed by atoms with Crippen LogP contribution < -0.4 is 4.74 Å². The van der Waals surface area contributed by atoms with Crippen molar-refractivity contribution in [3.63, 3.8) is 0 Å². The summed E-state index contributed by atoms with van der Waals surface area (Å²) < 4.78 is 19.3. The third-order valence-electron chi connectivity index (χ3n) is 4.28. The van der Waals surface area contributed by atoms with Gasteiger partial charge in [-0.05, 0) is 48.2 Å². The maximum absolute atomic E-state index is 14.0. The first-order chi connectivity index (χ1) is 13.1. The van der Waals surface area contributed by atoms with Crippen molar-refractivity contribution in [2.75, 3.05) is 0 Å². The van der Waals surface area contributed by atoms with E-state index in [0.717, 1.165) is 11.1 Å². The minimum absolute atomic E-state index is 0.171. The molecule has 0 aliphatic carbocycles. The van der Waals surface area contributed by atoms with Gasteiger partial charge in [0.1, 0.15) is 11.6 Å². The van der Waals surface area contributed by atoms with Crippen LogP contribution in [0, 0.1) is 25.1 Å². The zero-order chi connectivity index (χ0) is 19.2. The molecule has 2 nitrogen and oxygen atoms in total. The molecule has 3 aromatic rings. The second-order valence-corrected chi connectivity index (χ2v) is 6.29. The molecule has 0 amide bonds. The van der Waals surface area contributed by atoms with Crippen LogP contribution in [0.2, 0.25) is 0 Å². The van der Waals surface area contributed by atoms with Gasteiger partial charge in [0.25, 0.3) is 0 Å². The summed E-state index contributed by atoms with van der Waals surface area (Å²) in [6.45, 7) is 2.04. The Labute approximate surface area is 158 Å². The van der Waals surface area contributed by atoms with E-state index in [1.54, 1.807) is 24.3 Å². The molecule has 0 unspecified atom stereocenters. The first-order valence-corrected chi connectivity index (χ1v) is 8.68. The summed E-state index contributed by atoms with van der Waals surface area (Å²) in [4.78, 5) is 12.3. The van der Waals surface area contributed by atoms with Gasteiger partial charge in [-0.25, -0.2) is 9.18 Å². The largest absolute Gasteiger partial charge is 0.423 e. The number of terminal acetylenes is 1. The number of hydrogen-bond donors (Lipinski definition) is 0. The predicted molar refractivity (Wildman–Crippen MR) is 105 cm³/mol. The maximum atomic E-state index is 14.0. The van der Waals surface area contributed by atoms with Gasteiger partial charge in [-0.1, -0.05) is 48.0 Å². The Balaban J connectivity index is 1.70. The van der Waals surface area contributed by atoms with Crippen molar-refractivity contribution in [2.45, 2.75) is 19.8 Å². The molecule has 27 heavy (non-hydrogen) atoms. The van der Waals surface area contributed by atoms with E-state index < -0.39 is 11.8 Å². The second-order valence-electron chi connectivity index (χ2n) is 6.29. The molecule has 0 saturated heterocycles. The SMILES string of the molecule is C#CCCc1ccc(OC(=O)c2ccc(-c3ccc(C)cc3)cc2)cc1F. The van der Waals surface area contributed by atoms with Gasteiger partial charge < -0.3 is 4.74 Å². The van der Waals surface area contributed by atoms with Crippen LogP contribution in [0.25, 0.3) is 11.1 Å². The van der Waals surface area contributed by atoms with Crippen molar-refractivity contribution < 1.29 is 13.9 Å². The van der Waals surface area contributed by atoms with Gasteiger partial charge in [-0.15, -0.1) is 12.3 Å². The number of carbonyl (C=O) groups excluding carboxylic acids is 1. The highest BCUT2D eigenvalue weighted by molar-refractivity contribution is 5.91. The van der Waals surface area contributed by atoms with Gasteiger partial charge in [0.15, 0.2) is 0 Å². The smallest absolute Gasteiger partial charge is 0.343 e. The van der Waals surface area contributed by atoms with Gasteiger partial charge in [-0.3, -0.25) is 0 Å². The summed E-state index contributed by atoms with van der Waals surface area (Å²) in [5.74, 6) is 1.70. The molecule has 0 spiro atoms. The van der Waals surface area contributed by atoms with Crippen LogP contribution in [0.1, 0.15) is 27.9 Å².